The second-order valence-corrected chi connectivity index (χ2v) is 5.91. The van der Waals surface area contributed by atoms with Gasteiger partial charge in [-0.2, -0.15) is 4.98 Å². The summed E-state index contributed by atoms with van der Waals surface area (Å²) in [6.45, 7) is 3.77. The fourth-order valence-corrected chi connectivity index (χ4v) is 2.51. The lowest BCUT2D eigenvalue weighted by Crippen LogP contribution is -2.26. The topological polar surface area (TPSA) is 68.0 Å². The van der Waals surface area contributed by atoms with Crippen molar-refractivity contribution >= 4 is 17.5 Å². The summed E-state index contributed by atoms with van der Waals surface area (Å²) < 4.78 is 5.29. The van der Waals surface area contributed by atoms with Crippen LogP contribution in [-0.4, -0.2) is 16.0 Å². The summed E-state index contributed by atoms with van der Waals surface area (Å²) in [4.78, 5) is 16.6. The van der Waals surface area contributed by atoms with Gasteiger partial charge in [0.15, 0.2) is 0 Å². The highest BCUT2D eigenvalue weighted by Gasteiger charge is 2.18. The van der Waals surface area contributed by atoms with E-state index in [2.05, 4.69) is 15.5 Å². The number of nitrogens with zero attached hydrogens (tertiary/aromatic N) is 2. The molecule has 1 N–H and O–H groups in total. The number of aromatic nitrogens is 2. The van der Waals surface area contributed by atoms with Gasteiger partial charge in [0.1, 0.15) is 6.04 Å². The standard InChI is InChI=1S/C18H16ClN3O2/c1-11-6-3-4-9-15(11)16-21-18(24-22-16)12(2)20-17(23)13-7-5-8-14(19)10-13/h3-10,12H,1-2H3,(H,20,23)/t12-/m0/s1. The van der Waals surface area contributed by atoms with Crippen molar-refractivity contribution in [3.8, 4) is 11.4 Å². The van der Waals surface area contributed by atoms with E-state index in [1.54, 1.807) is 31.2 Å². The molecule has 0 saturated carbocycles. The van der Waals surface area contributed by atoms with E-state index >= 15 is 0 Å². The summed E-state index contributed by atoms with van der Waals surface area (Å²) in [6, 6.07) is 14.1. The highest BCUT2D eigenvalue weighted by molar-refractivity contribution is 6.30. The van der Waals surface area contributed by atoms with Crippen LogP contribution >= 0.6 is 11.6 Å². The molecule has 24 heavy (non-hydrogen) atoms. The SMILES string of the molecule is Cc1ccccc1-c1noc([C@H](C)NC(=O)c2cccc(Cl)c2)n1. The van der Waals surface area contributed by atoms with Crippen molar-refractivity contribution in [2.75, 3.05) is 0 Å². The average Bonchev–Trinajstić information content (AvgIpc) is 3.05. The van der Waals surface area contributed by atoms with Gasteiger partial charge in [0.25, 0.3) is 5.91 Å². The lowest BCUT2D eigenvalue weighted by atomic mass is 10.1. The van der Waals surface area contributed by atoms with Gasteiger partial charge < -0.3 is 9.84 Å². The number of amides is 1. The average molecular weight is 342 g/mol. The highest BCUT2D eigenvalue weighted by Crippen LogP contribution is 2.22. The van der Waals surface area contributed by atoms with Crippen molar-refractivity contribution < 1.29 is 9.32 Å². The molecule has 1 atom stereocenters. The van der Waals surface area contributed by atoms with E-state index in [1.807, 2.05) is 31.2 Å². The van der Waals surface area contributed by atoms with Crippen molar-refractivity contribution in [3.05, 3.63) is 70.6 Å². The van der Waals surface area contributed by atoms with Gasteiger partial charge in [-0.25, -0.2) is 0 Å². The molecule has 0 unspecified atom stereocenters. The molecule has 0 saturated heterocycles. The Bertz CT molecular complexity index is 876. The van der Waals surface area contributed by atoms with Gasteiger partial charge >= 0.3 is 0 Å². The van der Waals surface area contributed by atoms with E-state index in [0.717, 1.165) is 11.1 Å². The number of nitrogens with one attached hydrogen (secondary N) is 1. The molecular weight excluding hydrogens is 326 g/mol. The molecule has 0 aliphatic heterocycles. The zero-order chi connectivity index (χ0) is 17.1. The quantitative estimate of drug-likeness (QED) is 0.772. The Labute approximate surface area is 144 Å². The van der Waals surface area contributed by atoms with Gasteiger partial charge in [0, 0.05) is 16.1 Å². The van der Waals surface area contributed by atoms with Crippen LogP contribution in [0, 0.1) is 6.92 Å². The van der Waals surface area contributed by atoms with Crippen molar-refractivity contribution in [2.24, 2.45) is 0 Å². The summed E-state index contributed by atoms with van der Waals surface area (Å²) in [5, 5.41) is 7.34. The molecule has 1 heterocycles. The summed E-state index contributed by atoms with van der Waals surface area (Å²) in [5.41, 5.74) is 2.44. The Hall–Kier alpha value is -2.66. The number of rotatable bonds is 4. The first-order valence-electron chi connectivity index (χ1n) is 7.50. The zero-order valence-electron chi connectivity index (χ0n) is 13.3. The highest BCUT2D eigenvalue weighted by atomic mass is 35.5. The second kappa shape index (κ2) is 6.84. The Morgan fingerprint density at radius 3 is 2.75 bits per heavy atom. The largest absolute Gasteiger partial charge is 0.341 e. The van der Waals surface area contributed by atoms with Crippen LogP contribution in [0.2, 0.25) is 5.02 Å². The lowest BCUT2D eigenvalue weighted by molar-refractivity contribution is 0.0932. The van der Waals surface area contributed by atoms with Crippen LogP contribution in [0.15, 0.2) is 53.1 Å². The molecule has 2 aromatic carbocycles. The van der Waals surface area contributed by atoms with Gasteiger partial charge in [-0.1, -0.05) is 47.1 Å². The van der Waals surface area contributed by atoms with Gasteiger partial charge in [0.2, 0.25) is 11.7 Å². The molecule has 1 aromatic heterocycles. The second-order valence-electron chi connectivity index (χ2n) is 5.48. The van der Waals surface area contributed by atoms with Crippen molar-refractivity contribution in [2.45, 2.75) is 19.9 Å². The first kappa shape index (κ1) is 16.2. The normalized spacial score (nSPS) is 12.0. The molecule has 6 heteroatoms. The number of carbonyl (C=O) groups is 1. The monoisotopic (exact) mass is 341 g/mol. The first-order valence-corrected chi connectivity index (χ1v) is 7.88. The number of aryl methyl sites for hydroxylation is 1. The predicted molar refractivity (Wildman–Crippen MR) is 91.8 cm³/mol. The first-order chi connectivity index (χ1) is 11.5. The number of hydrogen-bond donors (Lipinski definition) is 1. The summed E-state index contributed by atoms with van der Waals surface area (Å²) in [6.07, 6.45) is 0. The van der Waals surface area contributed by atoms with E-state index < -0.39 is 6.04 Å². The van der Waals surface area contributed by atoms with Gasteiger partial charge in [-0.3, -0.25) is 4.79 Å². The van der Waals surface area contributed by atoms with Crippen LogP contribution in [0.5, 0.6) is 0 Å². The predicted octanol–water partition coefficient (Wildman–Crippen LogP) is 4.19. The lowest BCUT2D eigenvalue weighted by Gasteiger charge is -2.09. The fourth-order valence-electron chi connectivity index (χ4n) is 2.32. The van der Waals surface area contributed by atoms with Crippen LogP contribution in [0.1, 0.15) is 34.8 Å². The molecule has 0 bridgehead atoms. The molecular formula is C18H16ClN3O2. The minimum atomic E-state index is -0.415. The maximum atomic E-state index is 12.3. The summed E-state index contributed by atoms with van der Waals surface area (Å²) in [7, 11) is 0. The number of hydrogen-bond acceptors (Lipinski definition) is 4. The third-order valence-corrected chi connectivity index (χ3v) is 3.87. The third kappa shape index (κ3) is 3.46. The molecule has 122 valence electrons. The minimum absolute atomic E-state index is 0.249. The maximum absolute atomic E-state index is 12.3. The van der Waals surface area contributed by atoms with Crippen LogP contribution in [0.3, 0.4) is 0 Å². The molecule has 3 aromatic rings. The van der Waals surface area contributed by atoms with Crippen LogP contribution in [0.4, 0.5) is 0 Å². The van der Waals surface area contributed by atoms with Crippen molar-refractivity contribution in [3.63, 3.8) is 0 Å². The molecule has 3 rings (SSSR count). The van der Waals surface area contributed by atoms with Crippen molar-refractivity contribution in [1.29, 1.82) is 0 Å². The fraction of sp³-hybridized carbons (Fsp3) is 0.167. The molecule has 0 radical (unpaired) electrons. The van der Waals surface area contributed by atoms with Gasteiger partial charge in [-0.05, 0) is 37.6 Å². The van der Waals surface area contributed by atoms with E-state index in [-0.39, 0.29) is 5.91 Å². The summed E-state index contributed by atoms with van der Waals surface area (Å²) in [5.74, 6) is 0.608. The molecule has 1 amide bonds. The molecule has 0 spiro atoms. The Morgan fingerprint density at radius 1 is 1.21 bits per heavy atom. The van der Waals surface area contributed by atoms with Gasteiger partial charge in [0.05, 0.1) is 0 Å². The zero-order valence-corrected chi connectivity index (χ0v) is 14.0. The number of halogens is 1. The molecule has 0 fully saturated rings. The van der Waals surface area contributed by atoms with Crippen LogP contribution in [0.25, 0.3) is 11.4 Å². The van der Waals surface area contributed by atoms with Crippen LogP contribution in [-0.2, 0) is 0 Å². The third-order valence-electron chi connectivity index (χ3n) is 3.63. The number of carbonyl (C=O) groups excluding carboxylic acids is 1. The van der Waals surface area contributed by atoms with E-state index in [0.29, 0.717) is 22.3 Å². The Morgan fingerprint density at radius 2 is 2.00 bits per heavy atom. The maximum Gasteiger partial charge on any atom is 0.251 e. The molecule has 5 nitrogen and oxygen atoms in total. The van der Waals surface area contributed by atoms with Crippen molar-refractivity contribution in [1.82, 2.24) is 15.5 Å². The molecule has 0 aliphatic carbocycles. The van der Waals surface area contributed by atoms with E-state index in [9.17, 15) is 4.79 Å². The Balaban J connectivity index is 1.75. The van der Waals surface area contributed by atoms with Crippen LogP contribution < -0.4 is 5.32 Å². The molecule has 0 aliphatic rings. The Kier molecular flexibility index (Phi) is 4.62. The van der Waals surface area contributed by atoms with E-state index in [1.165, 1.54) is 0 Å². The minimum Gasteiger partial charge on any atom is -0.341 e. The number of benzene rings is 2. The summed E-state index contributed by atoms with van der Waals surface area (Å²) >= 11 is 5.91. The van der Waals surface area contributed by atoms with E-state index in [4.69, 9.17) is 16.1 Å². The van der Waals surface area contributed by atoms with Gasteiger partial charge in [-0.15, -0.1) is 0 Å². The smallest absolute Gasteiger partial charge is 0.251 e.